The fourth-order valence-electron chi connectivity index (χ4n) is 3.74. The van der Waals surface area contributed by atoms with Crippen LogP contribution >= 0.6 is 11.6 Å². The molecule has 0 unspecified atom stereocenters. The Morgan fingerprint density at radius 3 is 2.43 bits per heavy atom. The fourth-order valence-corrected chi connectivity index (χ4v) is 3.96. The van der Waals surface area contributed by atoms with E-state index >= 15 is 0 Å². The second kappa shape index (κ2) is 9.00. The van der Waals surface area contributed by atoms with E-state index in [1.54, 1.807) is 6.07 Å². The van der Waals surface area contributed by atoms with Crippen molar-refractivity contribution in [1.82, 2.24) is 9.80 Å². The highest BCUT2D eigenvalue weighted by Crippen LogP contribution is 2.31. The van der Waals surface area contributed by atoms with E-state index < -0.39 is 0 Å². The van der Waals surface area contributed by atoms with Crippen LogP contribution in [0, 0.1) is 6.92 Å². The van der Waals surface area contributed by atoms with Crippen molar-refractivity contribution in [1.29, 1.82) is 0 Å². The molecule has 0 aliphatic carbocycles. The van der Waals surface area contributed by atoms with E-state index in [9.17, 15) is 9.59 Å². The molecular weight excluding hydrogens is 402 g/mol. The SMILES string of the molecule is Cc1cc(Cl)ccc1NC1=C(c2ccccc2)C(=O)N(CCN2CCOCC2)C1=O. The number of nitrogens with zero attached hydrogens (tertiary/aromatic N) is 2. The Hall–Kier alpha value is -2.67. The number of ether oxygens (including phenoxy) is 1. The largest absolute Gasteiger partial charge is 0.379 e. The first kappa shape index (κ1) is 20.6. The minimum Gasteiger partial charge on any atom is -0.379 e. The number of carbonyl (C=O) groups is 2. The lowest BCUT2D eigenvalue weighted by molar-refractivity contribution is -0.137. The van der Waals surface area contributed by atoms with Gasteiger partial charge in [-0.25, -0.2) is 0 Å². The van der Waals surface area contributed by atoms with E-state index in [0.717, 1.165) is 29.9 Å². The number of imide groups is 1. The van der Waals surface area contributed by atoms with Crippen molar-refractivity contribution in [3.8, 4) is 0 Å². The lowest BCUT2D eigenvalue weighted by atomic mass is 10.0. The van der Waals surface area contributed by atoms with Gasteiger partial charge >= 0.3 is 0 Å². The molecular formula is C23H24ClN3O3. The molecule has 2 aliphatic rings. The number of halogens is 1. The maximum Gasteiger partial charge on any atom is 0.278 e. The smallest absolute Gasteiger partial charge is 0.278 e. The summed E-state index contributed by atoms with van der Waals surface area (Å²) in [5, 5.41) is 3.83. The van der Waals surface area contributed by atoms with Gasteiger partial charge in [0.15, 0.2) is 0 Å². The number of morpholine rings is 1. The quantitative estimate of drug-likeness (QED) is 0.720. The van der Waals surface area contributed by atoms with Crippen LogP contribution in [0.3, 0.4) is 0 Å². The van der Waals surface area contributed by atoms with Crippen molar-refractivity contribution < 1.29 is 14.3 Å². The molecule has 6 nitrogen and oxygen atoms in total. The Bertz CT molecular complexity index is 984. The van der Waals surface area contributed by atoms with Crippen LogP contribution in [0.2, 0.25) is 5.02 Å². The molecule has 7 heteroatoms. The number of benzene rings is 2. The molecule has 2 aromatic carbocycles. The Morgan fingerprint density at radius 2 is 1.73 bits per heavy atom. The molecule has 0 spiro atoms. The molecule has 0 atom stereocenters. The summed E-state index contributed by atoms with van der Waals surface area (Å²) in [4.78, 5) is 30.1. The van der Waals surface area contributed by atoms with Crippen molar-refractivity contribution in [3.63, 3.8) is 0 Å². The third-order valence-electron chi connectivity index (χ3n) is 5.42. The number of hydrogen-bond donors (Lipinski definition) is 1. The average Bonchev–Trinajstić information content (AvgIpc) is 2.99. The van der Waals surface area contributed by atoms with E-state index in [1.165, 1.54) is 4.90 Å². The predicted molar refractivity (Wildman–Crippen MR) is 117 cm³/mol. The van der Waals surface area contributed by atoms with Crippen LogP contribution in [0.15, 0.2) is 54.2 Å². The number of anilines is 1. The number of nitrogens with one attached hydrogen (secondary N) is 1. The number of rotatable bonds is 6. The van der Waals surface area contributed by atoms with Gasteiger partial charge in [-0.15, -0.1) is 0 Å². The van der Waals surface area contributed by atoms with Crippen molar-refractivity contribution in [2.45, 2.75) is 6.92 Å². The Labute approximate surface area is 181 Å². The molecule has 2 aliphatic heterocycles. The zero-order valence-electron chi connectivity index (χ0n) is 16.9. The maximum atomic E-state index is 13.3. The number of carbonyl (C=O) groups excluding carboxylic acids is 2. The summed E-state index contributed by atoms with van der Waals surface area (Å²) in [6, 6.07) is 14.7. The molecule has 30 heavy (non-hydrogen) atoms. The van der Waals surface area contributed by atoms with Crippen molar-refractivity contribution in [2.24, 2.45) is 0 Å². The summed E-state index contributed by atoms with van der Waals surface area (Å²) in [5.74, 6) is -0.574. The van der Waals surface area contributed by atoms with Gasteiger partial charge in [0, 0.05) is 36.9 Å². The van der Waals surface area contributed by atoms with E-state index in [1.807, 2.05) is 49.4 Å². The standard InChI is InChI=1S/C23H24ClN3O3/c1-16-15-18(24)7-8-19(16)25-21-20(17-5-3-2-4-6-17)22(28)27(23(21)29)10-9-26-11-13-30-14-12-26/h2-8,15,25H,9-14H2,1H3. The highest BCUT2D eigenvalue weighted by Gasteiger charge is 2.39. The van der Waals surface area contributed by atoms with Crippen LogP contribution < -0.4 is 5.32 Å². The third kappa shape index (κ3) is 4.26. The van der Waals surface area contributed by atoms with Crippen LogP contribution in [0.4, 0.5) is 5.69 Å². The average molecular weight is 426 g/mol. The zero-order chi connectivity index (χ0) is 21.1. The molecule has 0 bridgehead atoms. The maximum absolute atomic E-state index is 13.3. The number of amides is 2. The summed E-state index contributed by atoms with van der Waals surface area (Å²) < 4.78 is 5.37. The first-order valence-electron chi connectivity index (χ1n) is 10.0. The second-order valence-electron chi connectivity index (χ2n) is 7.42. The molecule has 2 heterocycles. The predicted octanol–water partition coefficient (Wildman–Crippen LogP) is 3.17. The molecule has 2 aromatic rings. The lowest BCUT2D eigenvalue weighted by Crippen LogP contribution is -2.43. The van der Waals surface area contributed by atoms with E-state index in [4.69, 9.17) is 16.3 Å². The van der Waals surface area contributed by atoms with Gasteiger partial charge < -0.3 is 10.1 Å². The number of aryl methyl sites for hydroxylation is 1. The summed E-state index contributed by atoms with van der Waals surface area (Å²) in [6.07, 6.45) is 0. The van der Waals surface area contributed by atoms with Gasteiger partial charge in [-0.05, 0) is 36.2 Å². The van der Waals surface area contributed by atoms with Gasteiger partial charge in [0.05, 0.1) is 18.8 Å². The van der Waals surface area contributed by atoms with Crippen LogP contribution in [0.5, 0.6) is 0 Å². The molecule has 156 valence electrons. The van der Waals surface area contributed by atoms with E-state index in [-0.39, 0.29) is 11.8 Å². The normalized spacial score (nSPS) is 17.7. The Morgan fingerprint density at radius 1 is 1.00 bits per heavy atom. The molecule has 0 radical (unpaired) electrons. The molecule has 0 saturated carbocycles. The summed E-state index contributed by atoms with van der Waals surface area (Å²) in [7, 11) is 0. The van der Waals surface area contributed by atoms with Crippen molar-refractivity contribution in [3.05, 3.63) is 70.4 Å². The second-order valence-corrected chi connectivity index (χ2v) is 7.85. The molecule has 1 N–H and O–H groups in total. The van der Waals surface area contributed by atoms with Gasteiger partial charge in [0.2, 0.25) is 0 Å². The van der Waals surface area contributed by atoms with Crippen LogP contribution in [-0.2, 0) is 14.3 Å². The minimum atomic E-state index is -0.304. The number of hydrogen-bond acceptors (Lipinski definition) is 5. The van der Waals surface area contributed by atoms with Gasteiger partial charge in [-0.2, -0.15) is 0 Å². The Balaban J connectivity index is 1.62. The van der Waals surface area contributed by atoms with Gasteiger partial charge in [0.1, 0.15) is 5.70 Å². The van der Waals surface area contributed by atoms with E-state index in [0.29, 0.717) is 42.6 Å². The highest BCUT2D eigenvalue weighted by atomic mass is 35.5. The van der Waals surface area contributed by atoms with Gasteiger partial charge in [-0.3, -0.25) is 19.4 Å². The lowest BCUT2D eigenvalue weighted by Gasteiger charge is -2.28. The van der Waals surface area contributed by atoms with Crippen molar-refractivity contribution in [2.75, 3.05) is 44.7 Å². The highest BCUT2D eigenvalue weighted by molar-refractivity contribution is 6.36. The topological polar surface area (TPSA) is 61.9 Å². The Kier molecular flexibility index (Phi) is 6.18. The molecule has 2 amide bonds. The van der Waals surface area contributed by atoms with Crippen LogP contribution in [-0.4, -0.2) is 61.0 Å². The molecule has 4 rings (SSSR count). The summed E-state index contributed by atoms with van der Waals surface area (Å²) >= 11 is 6.07. The first-order chi connectivity index (χ1) is 14.5. The van der Waals surface area contributed by atoms with Crippen LogP contribution in [0.1, 0.15) is 11.1 Å². The third-order valence-corrected chi connectivity index (χ3v) is 5.66. The van der Waals surface area contributed by atoms with Gasteiger partial charge in [-0.1, -0.05) is 41.9 Å². The minimum absolute atomic E-state index is 0.270. The van der Waals surface area contributed by atoms with Crippen LogP contribution in [0.25, 0.3) is 5.57 Å². The summed E-state index contributed by atoms with van der Waals surface area (Å²) in [6.45, 7) is 5.87. The fraction of sp³-hybridized carbons (Fsp3) is 0.304. The van der Waals surface area contributed by atoms with Crippen molar-refractivity contribution >= 4 is 34.7 Å². The molecule has 1 fully saturated rings. The molecule has 1 saturated heterocycles. The zero-order valence-corrected chi connectivity index (χ0v) is 17.6. The first-order valence-corrected chi connectivity index (χ1v) is 10.4. The van der Waals surface area contributed by atoms with Gasteiger partial charge in [0.25, 0.3) is 11.8 Å². The summed E-state index contributed by atoms with van der Waals surface area (Å²) in [5.41, 5.74) is 3.07. The molecule has 0 aromatic heterocycles. The van der Waals surface area contributed by atoms with E-state index in [2.05, 4.69) is 10.2 Å². The monoisotopic (exact) mass is 425 g/mol.